The third-order valence-electron chi connectivity index (χ3n) is 2.61. The fourth-order valence-corrected chi connectivity index (χ4v) is 1.57. The molecule has 3 nitrogen and oxygen atoms in total. The molecule has 0 spiro atoms. The number of rotatable bonds is 5. The molecule has 0 N–H and O–H groups in total. The van der Waals surface area contributed by atoms with Crippen molar-refractivity contribution in [2.45, 2.75) is 6.61 Å². The van der Waals surface area contributed by atoms with E-state index in [4.69, 9.17) is 9.57 Å². The number of oxime groups is 1. The molecule has 2 rings (SSSR count). The first kappa shape index (κ1) is 14.0. The van der Waals surface area contributed by atoms with Gasteiger partial charge in [0.15, 0.2) is 0 Å². The van der Waals surface area contributed by atoms with E-state index in [1.54, 1.807) is 13.2 Å². The van der Waals surface area contributed by atoms with E-state index in [0.717, 1.165) is 11.6 Å². The minimum absolute atomic E-state index is 0.0629. The average Bonchev–Trinajstić information content (AvgIpc) is 2.45. The van der Waals surface area contributed by atoms with Gasteiger partial charge in [-0.25, -0.2) is 8.78 Å². The maximum atomic E-state index is 13.3. The van der Waals surface area contributed by atoms with Crippen molar-refractivity contribution in [2.24, 2.45) is 5.16 Å². The van der Waals surface area contributed by atoms with E-state index < -0.39 is 11.6 Å². The Hall–Kier alpha value is -2.43. The molecule has 0 radical (unpaired) electrons. The van der Waals surface area contributed by atoms with Crippen LogP contribution in [0.5, 0.6) is 5.75 Å². The third-order valence-corrected chi connectivity index (χ3v) is 2.61. The summed E-state index contributed by atoms with van der Waals surface area (Å²) >= 11 is 0. The van der Waals surface area contributed by atoms with E-state index in [1.807, 2.05) is 18.2 Å². The van der Waals surface area contributed by atoms with Crippen LogP contribution in [0.25, 0.3) is 0 Å². The zero-order valence-corrected chi connectivity index (χ0v) is 10.8. The average molecular weight is 277 g/mol. The largest absolute Gasteiger partial charge is 0.497 e. The van der Waals surface area contributed by atoms with E-state index in [0.29, 0.717) is 5.75 Å². The van der Waals surface area contributed by atoms with Crippen LogP contribution in [-0.4, -0.2) is 13.3 Å². The zero-order valence-electron chi connectivity index (χ0n) is 10.8. The maximum absolute atomic E-state index is 13.3. The van der Waals surface area contributed by atoms with Crippen molar-refractivity contribution in [2.75, 3.05) is 7.11 Å². The van der Waals surface area contributed by atoms with E-state index in [9.17, 15) is 8.78 Å². The summed E-state index contributed by atoms with van der Waals surface area (Å²) in [6.07, 6.45) is 1.49. The van der Waals surface area contributed by atoms with Gasteiger partial charge in [0.2, 0.25) is 0 Å². The Labute approximate surface area is 115 Å². The first-order valence-electron chi connectivity index (χ1n) is 5.92. The second-order valence-corrected chi connectivity index (χ2v) is 4.02. The Morgan fingerprint density at radius 1 is 1.15 bits per heavy atom. The zero-order chi connectivity index (χ0) is 14.4. The molecule has 0 aliphatic rings. The van der Waals surface area contributed by atoms with Gasteiger partial charge in [0.05, 0.1) is 13.3 Å². The molecule has 0 aromatic heterocycles. The van der Waals surface area contributed by atoms with E-state index in [-0.39, 0.29) is 12.2 Å². The fraction of sp³-hybridized carbons (Fsp3) is 0.133. The maximum Gasteiger partial charge on any atom is 0.145 e. The van der Waals surface area contributed by atoms with Gasteiger partial charge in [0, 0.05) is 11.6 Å². The summed E-state index contributed by atoms with van der Waals surface area (Å²) in [4.78, 5) is 4.98. The van der Waals surface area contributed by atoms with Crippen LogP contribution in [0.3, 0.4) is 0 Å². The highest BCUT2D eigenvalue weighted by Crippen LogP contribution is 2.12. The Balaban J connectivity index is 1.93. The summed E-state index contributed by atoms with van der Waals surface area (Å²) in [5.74, 6) is -0.564. The first-order chi connectivity index (χ1) is 9.69. The van der Waals surface area contributed by atoms with Crippen LogP contribution < -0.4 is 4.74 Å². The van der Waals surface area contributed by atoms with E-state index in [1.165, 1.54) is 18.3 Å². The lowest BCUT2D eigenvalue weighted by molar-refractivity contribution is 0.129. The Kier molecular flexibility index (Phi) is 4.65. The predicted octanol–water partition coefficient (Wildman–Crippen LogP) is 3.52. The van der Waals surface area contributed by atoms with Crippen LogP contribution >= 0.6 is 0 Å². The summed E-state index contributed by atoms with van der Waals surface area (Å²) in [6, 6.07) is 10.6. The van der Waals surface area contributed by atoms with Gasteiger partial charge in [0.25, 0.3) is 0 Å². The van der Waals surface area contributed by atoms with Gasteiger partial charge < -0.3 is 9.57 Å². The van der Waals surface area contributed by atoms with Crippen LogP contribution in [0.1, 0.15) is 11.1 Å². The van der Waals surface area contributed by atoms with Crippen LogP contribution in [-0.2, 0) is 11.4 Å². The molecular weight excluding hydrogens is 264 g/mol. The molecule has 0 unspecified atom stereocenters. The summed E-state index contributed by atoms with van der Waals surface area (Å²) in [6.45, 7) is -0.0629. The number of nitrogens with zero attached hydrogens (tertiary/aromatic N) is 1. The Bertz CT molecular complexity index is 615. The van der Waals surface area contributed by atoms with Crippen molar-refractivity contribution in [3.8, 4) is 5.75 Å². The molecule has 2 aromatic carbocycles. The van der Waals surface area contributed by atoms with Crippen LogP contribution in [0.2, 0.25) is 0 Å². The molecule has 0 amide bonds. The summed E-state index contributed by atoms with van der Waals surface area (Å²) < 4.78 is 31.1. The number of methoxy groups -OCH3 is 1. The lowest BCUT2D eigenvalue weighted by Crippen LogP contribution is -1.93. The topological polar surface area (TPSA) is 30.8 Å². The van der Waals surface area contributed by atoms with Gasteiger partial charge in [-0.2, -0.15) is 0 Å². The Morgan fingerprint density at radius 3 is 2.75 bits per heavy atom. The summed E-state index contributed by atoms with van der Waals surface area (Å²) in [5.41, 5.74) is 1.04. The minimum atomic E-state index is -0.651. The van der Waals surface area contributed by atoms with E-state index >= 15 is 0 Å². The van der Waals surface area contributed by atoms with Crippen molar-refractivity contribution in [1.29, 1.82) is 0 Å². The van der Waals surface area contributed by atoms with Gasteiger partial charge in [-0.1, -0.05) is 17.3 Å². The van der Waals surface area contributed by atoms with Crippen LogP contribution in [0.4, 0.5) is 8.78 Å². The predicted molar refractivity (Wildman–Crippen MR) is 71.7 cm³/mol. The molecule has 0 saturated carbocycles. The van der Waals surface area contributed by atoms with Crippen LogP contribution in [0.15, 0.2) is 47.6 Å². The summed E-state index contributed by atoms with van der Waals surface area (Å²) in [7, 11) is 1.57. The number of ether oxygens (including phenoxy) is 1. The lowest BCUT2D eigenvalue weighted by Gasteiger charge is -2.02. The van der Waals surface area contributed by atoms with Crippen molar-refractivity contribution >= 4 is 6.21 Å². The van der Waals surface area contributed by atoms with Gasteiger partial charge in [-0.3, -0.25) is 0 Å². The van der Waals surface area contributed by atoms with Gasteiger partial charge in [-0.05, 0) is 29.8 Å². The molecule has 0 heterocycles. The molecule has 0 atom stereocenters. The van der Waals surface area contributed by atoms with E-state index in [2.05, 4.69) is 5.16 Å². The molecule has 0 aliphatic carbocycles. The smallest absolute Gasteiger partial charge is 0.145 e. The fourth-order valence-electron chi connectivity index (χ4n) is 1.57. The molecule has 104 valence electrons. The first-order valence-corrected chi connectivity index (χ1v) is 5.92. The number of halogens is 2. The molecule has 5 heteroatoms. The minimum Gasteiger partial charge on any atom is -0.497 e. The monoisotopic (exact) mass is 277 g/mol. The highest BCUT2D eigenvalue weighted by atomic mass is 19.1. The highest BCUT2D eigenvalue weighted by Gasteiger charge is 2.03. The van der Waals surface area contributed by atoms with Gasteiger partial charge in [-0.15, -0.1) is 0 Å². The Morgan fingerprint density at radius 2 is 2.00 bits per heavy atom. The summed E-state index contributed by atoms with van der Waals surface area (Å²) in [5, 5.41) is 3.73. The van der Waals surface area contributed by atoms with Crippen LogP contribution in [0, 0.1) is 11.6 Å². The molecule has 0 saturated heterocycles. The quantitative estimate of drug-likeness (QED) is 0.618. The normalized spacial score (nSPS) is 10.8. The SMILES string of the molecule is COc1cccc(C=NOCc2ccc(F)cc2F)c1. The second-order valence-electron chi connectivity index (χ2n) is 4.02. The standard InChI is InChI=1S/C15H13F2NO2/c1-19-14-4-2-3-11(7-14)9-18-20-10-12-5-6-13(16)8-15(12)17/h2-9H,10H2,1H3. The van der Waals surface area contributed by atoms with Gasteiger partial charge in [0.1, 0.15) is 24.0 Å². The third kappa shape index (κ3) is 3.78. The van der Waals surface area contributed by atoms with Crippen molar-refractivity contribution in [1.82, 2.24) is 0 Å². The number of benzene rings is 2. The number of hydrogen-bond donors (Lipinski definition) is 0. The molecule has 0 fully saturated rings. The lowest BCUT2D eigenvalue weighted by atomic mass is 10.2. The molecule has 0 bridgehead atoms. The van der Waals surface area contributed by atoms with Crippen molar-refractivity contribution < 1.29 is 18.4 Å². The van der Waals surface area contributed by atoms with Crippen molar-refractivity contribution in [3.05, 3.63) is 65.2 Å². The second kappa shape index (κ2) is 6.65. The molecule has 20 heavy (non-hydrogen) atoms. The number of hydrogen-bond acceptors (Lipinski definition) is 3. The molecule has 0 aliphatic heterocycles. The molecule has 2 aromatic rings. The molecular formula is C15H13F2NO2. The van der Waals surface area contributed by atoms with Crippen molar-refractivity contribution in [3.63, 3.8) is 0 Å². The van der Waals surface area contributed by atoms with Gasteiger partial charge >= 0.3 is 0 Å². The highest BCUT2D eigenvalue weighted by molar-refractivity contribution is 5.79.